The van der Waals surface area contributed by atoms with Gasteiger partial charge < -0.3 is 10.1 Å². The van der Waals surface area contributed by atoms with Gasteiger partial charge in [0.25, 0.3) is 0 Å². The number of halogens is 2. The first-order chi connectivity index (χ1) is 9.84. The van der Waals surface area contributed by atoms with Crippen LogP contribution in [0.5, 0.6) is 5.75 Å². The van der Waals surface area contributed by atoms with Crippen molar-refractivity contribution in [1.82, 2.24) is 4.98 Å². The van der Waals surface area contributed by atoms with Gasteiger partial charge in [0.1, 0.15) is 5.75 Å². The second kappa shape index (κ2) is 6.39. The Balaban J connectivity index is 1.98. The van der Waals surface area contributed by atoms with Crippen LogP contribution in [-0.4, -0.2) is 11.6 Å². The number of hydrogen-bond acceptors (Lipinski definition) is 4. The number of ether oxygens (including phenoxy) is 1. The minimum atomic E-state index is -2.81. The third-order valence-corrected chi connectivity index (χ3v) is 4.04. The first-order valence-corrected chi connectivity index (χ1v) is 7.46. The van der Waals surface area contributed by atoms with E-state index in [9.17, 15) is 8.78 Å². The normalized spacial score (nSPS) is 11.7. The maximum atomic E-state index is 12.2. The molecule has 1 heterocycles. The lowest BCUT2D eigenvalue weighted by molar-refractivity contribution is -0.0498. The van der Waals surface area contributed by atoms with Crippen LogP contribution in [0.25, 0.3) is 0 Å². The Kier molecular flexibility index (Phi) is 4.77. The summed E-state index contributed by atoms with van der Waals surface area (Å²) in [4.78, 5) is 4.57. The molecule has 0 amide bonds. The van der Waals surface area contributed by atoms with Gasteiger partial charge in [0.05, 0.1) is 17.2 Å². The molecule has 0 saturated heterocycles. The van der Waals surface area contributed by atoms with E-state index in [1.54, 1.807) is 29.5 Å². The summed E-state index contributed by atoms with van der Waals surface area (Å²) in [7, 11) is 0. The molecule has 1 aromatic carbocycles. The molecule has 2 rings (SSSR count). The van der Waals surface area contributed by atoms with Crippen molar-refractivity contribution in [2.45, 2.75) is 39.3 Å². The van der Waals surface area contributed by atoms with Crippen molar-refractivity contribution in [2.75, 3.05) is 5.32 Å². The molecule has 0 bridgehead atoms. The van der Waals surface area contributed by atoms with E-state index in [1.807, 2.05) is 5.38 Å². The highest BCUT2D eigenvalue weighted by molar-refractivity contribution is 7.09. The van der Waals surface area contributed by atoms with E-state index in [0.717, 1.165) is 16.4 Å². The van der Waals surface area contributed by atoms with E-state index in [-0.39, 0.29) is 11.2 Å². The number of nitrogens with zero attached hydrogens (tertiary/aromatic N) is 1. The van der Waals surface area contributed by atoms with Gasteiger partial charge in [-0.05, 0) is 12.1 Å². The molecule has 0 aliphatic rings. The monoisotopic (exact) mass is 312 g/mol. The van der Waals surface area contributed by atoms with Crippen molar-refractivity contribution >= 4 is 17.0 Å². The SMILES string of the molecule is CC(C)(C)c1nc(CNc2cccc(OC(F)F)c2)cs1. The molecule has 0 unspecified atom stereocenters. The third kappa shape index (κ3) is 4.67. The lowest BCUT2D eigenvalue weighted by atomic mass is 9.98. The fourth-order valence-electron chi connectivity index (χ4n) is 1.71. The van der Waals surface area contributed by atoms with Crippen molar-refractivity contribution in [1.29, 1.82) is 0 Å². The number of hydrogen-bond donors (Lipinski definition) is 1. The van der Waals surface area contributed by atoms with Crippen molar-refractivity contribution < 1.29 is 13.5 Å². The largest absolute Gasteiger partial charge is 0.435 e. The summed E-state index contributed by atoms with van der Waals surface area (Å²) in [5.41, 5.74) is 1.69. The average molecular weight is 312 g/mol. The van der Waals surface area contributed by atoms with Gasteiger partial charge in [-0.3, -0.25) is 0 Å². The average Bonchev–Trinajstić information content (AvgIpc) is 2.84. The Bertz CT molecular complexity index is 593. The van der Waals surface area contributed by atoms with Crippen LogP contribution in [0.3, 0.4) is 0 Å². The highest BCUT2D eigenvalue weighted by Crippen LogP contribution is 2.26. The van der Waals surface area contributed by atoms with E-state index >= 15 is 0 Å². The third-order valence-electron chi connectivity index (χ3n) is 2.73. The molecular formula is C15H18F2N2OS. The molecular weight excluding hydrogens is 294 g/mol. The molecule has 0 aliphatic carbocycles. The fourth-order valence-corrected chi connectivity index (χ4v) is 2.61. The number of thiazole rings is 1. The summed E-state index contributed by atoms with van der Waals surface area (Å²) in [5.74, 6) is 0.142. The molecule has 0 aliphatic heterocycles. The molecule has 1 N–H and O–H groups in total. The van der Waals surface area contributed by atoms with Crippen molar-refractivity contribution in [3.05, 3.63) is 40.3 Å². The topological polar surface area (TPSA) is 34.2 Å². The molecule has 0 radical (unpaired) electrons. The lowest BCUT2D eigenvalue weighted by Crippen LogP contribution is -2.11. The number of aromatic nitrogens is 1. The number of alkyl halides is 2. The minimum absolute atomic E-state index is 0.0357. The van der Waals surface area contributed by atoms with E-state index < -0.39 is 6.61 Å². The Hall–Kier alpha value is -1.69. The van der Waals surface area contributed by atoms with Crippen molar-refractivity contribution in [3.8, 4) is 5.75 Å². The van der Waals surface area contributed by atoms with Gasteiger partial charge in [-0.2, -0.15) is 8.78 Å². The first kappa shape index (κ1) is 15.7. The quantitative estimate of drug-likeness (QED) is 0.872. The van der Waals surface area contributed by atoms with Gasteiger partial charge in [-0.25, -0.2) is 4.98 Å². The number of nitrogens with one attached hydrogen (secondary N) is 1. The van der Waals surface area contributed by atoms with Crippen LogP contribution in [0.15, 0.2) is 29.6 Å². The Morgan fingerprint density at radius 3 is 2.71 bits per heavy atom. The minimum Gasteiger partial charge on any atom is -0.435 e. The van der Waals surface area contributed by atoms with E-state index in [2.05, 4.69) is 35.8 Å². The van der Waals surface area contributed by atoms with Crippen LogP contribution >= 0.6 is 11.3 Å². The molecule has 21 heavy (non-hydrogen) atoms. The molecule has 6 heteroatoms. The predicted octanol–water partition coefficient (Wildman–Crippen LogP) is 4.65. The van der Waals surface area contributed by atoms with Crippen LogP contribution in [0.2, 0.25) is 0 Å². The van der Waals surface area contributed by atoms with E-state index in [1.165, 1.54) is 6.07 Å². The number of benzene rings is 1. The van der Waals surface area contributed by atoms with Gasteiger partial charge in [-0.15, -0.1) is 11.3 Å². The molecule has 1 aromatic heterocycles. The molecule has 114 valence electrons. The van der Waals surface area contributed by atoms with E-state index in [4.69, 9.17) is 0 Å². The van der Waals surface area contributed by atoms with Crippen molar-refractivity contribution in [2.24, 2.45) is 0 Å². The Labute approximate surface area is 127 Å². The zero-order valence-corrected chi connectivity index (χ0v) is 13.0. The zero-order chi connectivity index (χ0) is 15.5. The van der Waals surface area contributed by atoms with Gasteiger partial charge >= 0.3 is 6.61 Å². The van der Waals surface area contributed by atoms with Crippen LogP contribution in [0, 0.1) is 0 Å². The molecule has 3 nitrogen and oxygen atoms in total. The van der Waals surface area contributed by atoms with E-state index in [0.29, 0.717) is 6.54 Å². The summed E-state index contributed by atoms with van der Waals surface area (Å²) >= 11 is 1.63. The zero-order valence-electron chi connectivity index (χ0n) is 12.2. The summed E-state index contributed by atoms with van der Waals surface area (Å²) in [6, 6.07) is 6.51. The second-order valence-electron chi connectivity index (χ2n) is 5.65. The Morgan fingerprint density at radius 2 is 2.10 bits per heavy atom. The van der Waals surface area contributed by atoms with Gasteiger partial charge in [0.2, 0.25) is 0 Å². The van der Waals surface area contributed by atoms with Crippen LogP contribution < -0.4 is 10.1 Å². The summed E-state index contributed by atoms with van der Waals surface area (Å²) in [5, 5.41) is 6.24. The Morgan fingerprint density at radius 1 is 1.33 bits per heavy atom. The molecule has 0 fully saturated rings. The van der Waals surface area contributed by atoms with Crippen LogP contribution in [0.1, 0.15) is 31.5 Å². The molecule has 0 atom stereocenters. The van der Waals surface area contributed by atoms with Crippen molar-refractivity contribution in [3.63, 3.8) is 0 Å². The van der Waals surface area contributed by atoms with Crippen LogP contribution in [-0.2, 0) is 12.0 Å². The van der Waals surface area contributed by atoms with Gasteiger partial charge in [0, 0.05) is 22.5 Å². The molecule has 2 aromatic rings. The molecule has 0 saturated carbocycles. The van der Waals surface area contributed by atoms with Gasteiger partial charge in [-0.1, -0.05) is 26.8 Å². The van der Waals surface area contributed by atoms with Gasteiger partial charge in [0.15, 0.2) is 0 Å². The molecule has 0 spiro atoms. The highest BCUT2D eigenvalue weighted by Gasteiger charge is 2.17. The number of anilines is 1. The second-order valence-corrected chi connectivity index (χ2v) is 6.51. The fraction of sp³-hybridized carbons (Fsp3) is 0.400. The standard InChI is InChI=1S/C15H18F2N2OS/c1-15(2,3)13-19-11(9-21-13)8-18-10-5-4-6-12(7-10)20-14(16)17/h4-7,9,14,18H,8H2,1-3H3. The maximum Gasteiger partial charge on any atom is 0.387 e. The lowest BCUT2D eigenvalue weighted by Gasteiger charge is -2.13. The smallest absolute Gasteiger partial charge is 0.387 e. The maximum absolute atomic E-state index is 12.2. The summed E-state index contributed by atoms with van der Waals surface area (Å²) in [6.45, 7) is 4.09. The highest BCUT2D eigenvalue weighted by atomic mass is 32.1. The first-order valence-electron chi connectivity index (χ1n) is 6.58. The predicted molar refractivity (Wildman–Crippen MR) is 81.2 cm³/mol. The van der Waals surface area contributed by atoms with Crippen LogP contribution in [0.4, 0.5) is 14.5 Å². The summed E-state index contributed by atoms with van der Waals surface area (Å²) in [6.07, 6.45) is 0. The number of rotatable bonds is 5. The summed E-state index contributed by atoms with van der Waals surface area (Å²) < 4.78 is 28.7.